The normalized spacial score (nSPS) is 12.2. The number of carboxylic acids is 1. The molecule has 11 heteroatoms. The maximum atomic E-state index is 11.3. The number of aromatic carboxylic acids is 1. The van der Waals surface area contributed by atoms with Crippen LogP contribution in [-0.4, -0.2) is 38.6 Å². The number of rotatable bonds is 9. The largest absolute Gasteiger partial charge is 0.496 e. The number of nitrogens with zero attached hydrogens (tertiary/aromatic N) is 2. The van der Waals surface area contributed by atoms with Gasteiger partial charge >= 0.3 is 14.2 Å². The molecule has 0 aliphatic rings. The average Bonchev–Trinajstić information content (AvgIpc) is 2.60. The molecular formula is C17H21N2O8P. The summed E-state index contributed by atoms with van der Waals surface area (Å²) in [6.45, 7) is 5.58. The minimum absolute atomic E-state index is 0.0361. The molecule has 0 amide bonds. The summed E-state index contributed by atoms with van der Waals surface area (Å²) < 4.78 is 32.2. The van der Waals surface area contributed by atoms with Crippen LogP contribution in [0.2, 0.25) is 0 Å². The van der Waals surface area contributed by atoms with E-state index in [4.69, 9.17) is 23.6 Å². The second kappa shape index (κ2) is 8.90. The van der Waals surface area contributed by atoms with Crippen LogP contribution < -0.4 is 18.7 Å². The number of aromatic nitrogens is 2. The summed E-state index contributed by atoms with van der Waals surface area (Å²) in [4.78, 5) is 28.0. The van der Waals surface area contributed by atoms with Gasteiger partial charge in [0, 0.05) is 18.2 Å². The number of hydrogen-bond acceptors (Lipinski definition) is 8. The molecule has 2 aromatic rings. The summed E-state index contributed by atoms with van der Waals surface area (Å²) in [5.74, 6) is -1.42. The highest BCUT2D eigenvalue weighted by Gasteiger charge is 2.21. The molecular weight excluding hydrogens is 391 g/mol. The van der Waals surface area contributed by atoms with Gasteiger partial charge in [-0.05, 0) is 20.3 Å². The lowest BCUT2D eigenvalue weighted by Gasteiger charge is -2.24. The van der Waals surface area contributed by atoms with Gasteiger partial charge in [-0.3, -0.25) is 0 Å². The van der Waals surface area contributed by atoms with Crippen LogP contribution in [-0.2, 0) is 4.57 Å². The molecule has 28 heavy (non-hydrogen) atoms. The minimum Gasteiger partial charge on any atom is -0.496 e. The fraction of sp³-hybridized carbons (Fsp3) is 0.353. The number of hydrogen-bond donors (Lipinski definition) is 2. The van der Waals surface area contributed by atoms with Crippen molar-refractivity contribution in [2.24, 2.45) is 0 Å². The first-order valence-electron chi connectivity index (χ1n) is 8.21. The highest BCUT2D eigenvalue weighted by Crippen LogP contribution is 2.34. The first-order valence-corrected chi connectivity index (χ1v) is 9.47. The molecule has 0 radical (unpaired) electrons. The smallest absolute Gasteiger partial charge is 0.374 e. The van der Waals surface area contributed by atoms with E-state index in [1.807, 2.05) is 20.8 Å². The quantitative estimate of drug-likeness (QED) is 0.590. The molecule has 1 heterocycles. The molecule has 0 saturated carbocycles. The van der Waals surface area contributed by atoms with Gasteiger partial charge in [0.15, 0.2) is 0 Å². The lowest BCUT2D eigenvalue weighted by Crippen LogP contribution is -2.27. The predicted octanol–water partition coefficient (Wildman–Crippen LogP) is 3.30. The predicted molar refractivity (Wildman–Crippen MR) is 98.9 cm³/mol. The van der Waals surface area contributed by atoms with Gasteiger partial charge in [0.1, 0.15) is 22.8 Å². The fourth-order valence-electron chi connectivity index (χ4n) is 1.96. The molecule has 1 aromatic heterocycles. The Morgan fingerprint density at radius 1 is 1.11 bits per heavy atom. The second-order valence-electron chi connectivity index (χ2n) is 6.20. The van der Waals surface area contributed by atoms with Crippen molar-refractivity contribution in [3.8, 4) is 29.0 Å². The van der Waals surface area contributed by atoms with Crippen LogP contribution in [0.15, 0.2) is 24.3 Å². The van der Waals surface area contributed by atoms with Gasteiger partial charge in [0.2, 0.25) is 17.6 Å². The maximum absolute atomic E-state index is 11.3. The summed E-state index contributed by atoms with van der Waals surface area (Å²) in [7, 11) is -1.83. The van der Waals surface area contributed by atoms with Gasteiger partial charge in [0.05, 0.1) is 13.2 Å². The Morgan fingerprint density at radius 3 is 2.29 bits per heavy atom. The van der Waals surface area contributed by atoms with Crippen LogP contribution in [0, 0.1) is 0 Å². The molecule has 1 unspecified atom stereocenters. The van der Waals surface area contributed by atoms with E-state index in [-0.39, 0.29) is 23.3 Å². The minimum atomic E-state index is -3.23. The first-order chi connectivity index (χ1) is 13.1. The number of carboxylic acid groups (broad SMARTS) is 1. The van der Waals surface area contributed by atoms with Gasteiger partial charge in [-0.2, -0.15) is 9.97 Å². The highest BCUT2D eigenvalue weighted by molar-refractivity contribution is 7.32. The van der Waals surface area contributed by atoms with Crippen molar-refractivity contribution in [3.63, 3.8) is 0 Å². The van der Waals surface area contributed by atoms with Gasteiger partial charge in [0.25, 0.3) is 0 Å². The molecule has 0 spiro atoms. The molecule has 0 aliphatic carbocycles. The lowest BCUT2D eigenvalue weighted by atomic mass is 10.1. The monoisotopic (exact) mass is 412 g/mol. The number of ether oxygens (including phenoxy) is 3. The van der Waals surface area contributed by atoms with E-state index < -0.39 is 25.6 Å². The van der Waals surface area contributed by atoms with Crippen LogP contribution in [0.1, 0.15) is 37.8 Å². The summed E-state index contributed by atoms with van der Waals surface area (Å²) in [5.41, 5.74) is -0.577. The van der Waals surface area contributed by atoms with Crippen LogP contribution in [0.5, 0.6) is 29.0 Å². The summed E-state index contributed by atoms with van der Waals surface area (Å²) in [6.07, 6.45) is 0.659. The summed E-state index contributed by atoms with van der Waals surface area (Å²) >= 11 is 0. The Bertz CT molecular complexity index is 887. The highest BCUT2D eigenvalue weighted by atomic mass is 31.1. The summed E-state index contributed by atoms with van der Waals surface area (Å²) in [6, 6.07) is 5.55. The van der Waals surface area contributed by atoms with Gasteiger partial charge in [-0.15, -0.1) is 0 Å². The van der Waals surface area contributed by atoms with Crippen LogP contribution in [0.3, 0.4) is 0 Å². The Hall–Kier alpha value is -2.84. The Morgan fingerprint density at radius 2 is 1.71 bits per heavy atom. The number of methoxy groups -OCH3 is 1. The maximum Gasteiger partial charge on any atom is 0.374 e. The Balaban J connectivity index is 2.40. The van der Waals surface area contributed by atoms with E-state index >= 15 is 0 Å². The van der Waals surface area contributed by atoms with Crippen molar-refractivity contribution < 1.29 is 38.1 Å². The second-order valence-corrected chi connectivity index (χ2v) is 6.94. The van der Waals surface area contributed by atoms with Crippen LogP contribution in [0.25, 0.3) is 0 Å². The zero-order chi connectivity index (χ0) is 20.9. The average molecular weight is 412 g/mol. The number of benzene rings is 1. The zero-order valence-corrected chi connectivity index (χ0v) is 16.8. The molecule has 2 N–H and O–H groups in total. The van der Waals surface area contributed by atoms with E-state index in [2.05, 4.69) is 9.97 Å². The van der Waals surface area contributed by atoms with Gasteiger partial charge < -0.3 is 28.7 Å². The third-order valence-corrected chi connectivity index (χ3v) is 4.03. The molecule has 0 fully saturated rings. The van der Waals surface area contributed by atoms with Crippen molar-refractivity contribution in [1.82, 2.24) is 9.97 Å². The van der Waals surface area contributed by atoms with Gasteiger partial charge in [-0.1, -0.05) is 6.92 Å². The molecule has 0 aliphatic heterocycles. The SMILES string of the molecule is CCC(C)(C)Oc1cc(Oc2cc(OC)cc(O[PH](=O)O)c2)nc(C(=O)O)n1. The van der Waals surface area contributed by atoms with Crippen molar-refractivity contribution in [2.75, 3.05) is 7.11 Å². The lowest BCUT2D eigenvalue weighted by molar-refractivity contribution is 0.0670. The Kier molecular flexibility index (Phi) is 6.82. The van der Waals surface area contributed by atoms with E-state index in [0.29, 0.717) is 12.2 Å². The van der Waals surface area contributed by atoms with E-state index in [1.165, 1.54) is 31.4 Å². The van der Waals surface area contributed by atoms with Crippen molar-refractivity contribution >= 4 is 14.2 Å². The fourth-order valence-corrected chi connectivity index (χ4v) is 2.28. The van der Waals surface area contributed by atoms with Crippen molar-refractivity contribution in [3.05, 3.63) is 30.1 Å². The third kappa shape index (κ3) is 6.11. The van der Waals surface area contributed by atoms with Crippen molar-refractivity contribution in [1.29, 1.82) is 0 Å². The van der Waals surface area contributed by atoms with Gasteiger partial charge in [-0.25, -0.2) is 9.36 Å². The molecule has 1 atom stereocenters. The molecule has 152 valence electrons. The molecule has 0 bridgehead atoms. The topological polar surface area (TPSA) is 137 Å². The summed E-state index contributed by atoms with van der Waals surface area (Å²) in [5, 5.41) is 9.25. The van der Waals surface area contributed by atoms with Crippen LogP contribution in [0.4, 0.5) is 0 Å². The zero-order valence-electron chi connectivity index (χ0n) is 15.8. The third-order valence-electron chi connectivity index (χ3n) is 3.62. The molecule has 1 aromatic carbocycles. The van der Waals surface area contributed by atoms with Crippen molar-refractivity contribution in [2.45, 2.75) is 32.8 Å². The molecule has 0 saturated heterocycles. The van der Waals surface area contributed by atoms with E-state index in [9.17, 15) is 14.5 Å². The molecule has 2 rings (SSSR count). The Labute approximate surface area is 162 Å². The first kappa shape index (κ1) is 21.5. The molecule has 10 nitrogen and oxygen atoms in total. The standard InChI is InChI=1S/C17H21N2O8P/c1-5-17(2,3)26-14-9-13(18-15(19-14)16(20)21)25-11-6-10(24-4)7-12(8-11)27-28(22)23/h6-9,28H,5H2,1-4H3,(H,20,21)(H,22,23). The number of carbonyl (C=O) groups is 1. The van der Waals surface area contributed by atoms with E-state index in [1.54, 1.807) is 0 Å². The van der Waals surface area contributed by atoms with E-state index in [0.717, 1.165) is 0 Å². The van der Waals surface area contributed by atoms with Crippen LogP contribution >= 0.6 is 8.25 Å².